The Bertz CT molecular complexity index is 731. The van der Waals surface area contributed by atoms with Gasteiger partial charge in [0.2, 0.25) is 0 Å². The molecule has 0 fully saturated rings. The van der Waals surface area contributed by atoms with Crippen LogP contribution in [-0.4, -0.2) is 30.7 Å². The lowest BCUT2D eigenvalue weighted by atomic mass is 9.89. The summed E-state index contributed by atoms with van der Waals surface area (Å²) in [6.07, 6.45) is 4.38. The fourth-order valence-electron chi connectivity index (χ4n) is 3.71. The van der Waals surface area contributed by atoms with E-state index in [1.807, 2.05) is 12.1 Å². The summed E-state index contributed by atoms with van der Waals surface area (Å²) in [5.74, 6) is 0.745. The van der Waals surface area contributed by atoms with Gasteiger partial charge in [0.15, 0.2) is 0 Å². The third-order valence-corrected chi connectivity index (χ3v) is 5.02. The van der Waals surface area contributed by atoms with Crippen molar-refractivity contribution in [1.29, 1.82) is 0 Å². The molecule has 1 aromatic heterocycles. The molecule has 4 nitrogen and oxygen atoms in total. The summed E-state index contributed by atoms with van der Waals surface area (Å²) in [5.41, 5.74) is 6.04. The van der Waals surface area contributed by atoms with Gasteiger partial charge in [0.25, 0.3) is 5.91 Å². The molecule has 0 saturated heterocycles. The van der Waals surface area contributed by atoms with Crippen molar-refractivity contribution in [3.8, 4) is 5.69 Å². The first kappa shape index (κ1) is 17.7. The Morgan fingerprint density at radius 2 is 2.08 bits per heavy atom. The number of hydrogen-bond acceptors (Lipinski definition) is 2. The maximum Gasteiger partial charge on any atom is 0.251 e. The second-order valence-corrected chi connectivity index (χ2v) is 7.09. The van der Waals surface area contributed by atoms with E-state index in [0.717, 1.165) is 24.4 Å². The first-order valence-corrected chi connectivity index (χ1v) is 9.18. The second kappa shape index (κ2) is 7.87. The van der Waals surface area contributed by atoms with Gasteiger partial charge in [0, 0.05) is 42.9 Å². The number of carbonyl (C=O) groups is 1. The van der Waals surface area contributed by atoms with Crippen LogP contribution in [0.25, 0.3) is 5.69 Å². The molecule has 134 valence electrons. The van der Waals surface area contributed by atoms with Crippen molar-refractivity contribution in [1.82, 2.24) is 9.88 Å². The number of carbonyl (C=O) groups excluding carboxylic acids is 1. The molecular formula is C21H28N2O2. The normalized spacial score (nSPS) is 16.5. The lowest BCUT2D eigenvalue weighted by molar-refractivity contribution is 0.0948. The highest BCUT2D eigenvalue weighted by molar-refractivity contribution is 5.94. The molecule has 1 heterocycles. The minimum atomic E-state index is -0.0252. The fourth-order valence-corrected chi connectivity index (χ4v) is 3.71. The molecule has 0 bridgehead atoms. The number of hydrogen-bond donors (Lipinski definition) is 1. The number of nitrogens with one attached hydrogen (secondary N) is 1. The molecule has 25 heavy (non-hydrogen) atoms. The standard InChI is InChI=1S/C21H28N2O2/c1-15-5-10-20-18(13-15)14-16(2)23(20)19-8-6-17(7-9-19)21(24)22-11-4-12-25-3/h6-9,14-15H,4-5,10-13H2,1-3H3,(H,22,24). The van der Waals surface area contributed by atoms with E-state index < -0.39 is 0 Å². The van der Waals surface area contributed by atoms with Crippen LogP contribution in [0.5, 0.6) is 0 Å². The third-order valence-electron chi connectivity index (χ3n) is 5.02. The Kier molecular flexibility index (Phi) is 5.59. The first-order chi connectivity index (χ1) is 12.1. The van der Waals surface area contributed by atoms with Crippen LogP contribution in [0.15, 0.2) is 30.3 Å². The van der Waals surface area contributed by atoms with E-state index in [1.165, 1.54) is 29.8 Å². The molecule has 1 N–H and O–H groups in total. The largest absolute Gasteiger partial charge is 0.385 e. The lowest BCUT2D eigenvalue weighted by Gasteiger charge is -2.21. The minimum Gasteiger partial charge on any atom is -0.385 e. The van der Waals surface area contributed by atoms with Crippen molar-refractivity contribution in [2.24, 2.45) is 5.92 Å². The van der Waals surface area contributed by atoms with Crippen LogP contribution in [0.3, 0.4) is 0 Å². The van der Waals surface area contributed by atoms with Crippen molar-refractivity contribution < 1.29 is 9.53 Å². The maximum absolute atomic E-state index is 12.2. The average Bonchev–Trinajstić information content (AvgIpc) is 2.93. The van der Waals surface area contributed by atoms with E-state index in [-0.39, 0.29) is 5.91 Å². The lowest BCUT2D eigenvalue weighted by Crippen LogP contribution is -2.25. The zero-order valence-corrected chi connectivity index (χ0v) is 15.5. The molecule has 4 heteroatoms. The van der Waals surface area contributed by atoms with E-state index in [9.17, 15) is 4.79 Å². The molecule has 0 radical (unpaired) electrons. The maximum atomic E-state index is 12.2. The summed E-state index contributed by atoms with van der Waals surface area (Å²) >= 11 is 0. The quantitative estimate of drug-likeness (QED) is 0.815. The molecule has 1 aliphatic rings. The van der Waals surface area contributed by atoms with Gasteiger partial charge < -0.3 is 14.6 Å². The van der Waals surface area contributed by atoms with Crippen LogP contribution in [0.1, 0.15) is 47.1 Å². The molecule has 1 aromatic carbocycles. The van der Waals surface area contributed by atoms with Crippen molar-refractivity contribution >= 4 is 5.91 Å². The van der Waals surface area contributed by atoms with Gasteiger partial charge in [-0.05, 0) is 74.4 Å². The Morgan fingerprint density at radius 1 is 1.32 bits per heavy atom. The molecular weight excluding hydrogens is 312 g/mol. The molecule has 1 amide bonds. The van der Waals surface area contributed by atoms with Crippen molar-refractivity contribution in [3.63, 3.8) is 0 Å². The van der Waals surface area contributed by atoms with Crippen molar-refractivity contribution in [2.75, 3.05) is 20.3 Å². The van der Waals surface area contributed by atoms with Gasteiger partial charge in [-0.3, -0.25) is 4.79 Å². The molecule has 1 aliphatic carbocycles. The Balaban J connectivity index is 1.74. The molecule has 0 saturated carbocycles. The number of fused-ring (bicyclic) bond motifs is 1. The van der Waals surface area contributed by atoms with Crippen molar-refractivity contribution in [3.05, 3.63) is 52.8 Å². The first-order valence-electron chi connectivity index (χ1n) is 9.18. The summed E-state index contributed by atoms with van der Waals surface area (Å²) in [6, 6.07) is 10.3. The molecule has 0 spiro atoms. The average molecular weight is 340 g/mol. The topological polar surface area (TPSA) is 43.3 Å². The monoisotopic (exact) mass is 340 g/mol. The Morgan fingerprint density at radius 3 is 2.80 bits per heavy atom. The molecule has 3 rings (SSSR count). The SMILES string of the molecule is COCCCNC(=O)c1ccc(-n2c(C)cc3c2CCC(C)C3)cc1. The zero-order chi connectivity index (χ0) is 17.8. The van der Waals surface area contributed by atoms with Crippen LogP contribution in [0.2, 0.25) is 0 Å². The van der Waals surface area contributed by atoms with Gasteiger partial charge >= 0.3 is 0 Å². The van der Waals surface area contributed by atoms with Gasteiger partial charge in [0.05, 0.1) is 0 Å². The predicted molar refractivity (Wildman–Crippen MR) is 101 cm³/mol. The van der Waals surface area contributed by atoms with Gasteiger partial charge in [-0.1, -0.05) is 6.92 Å². The van der Waals surface area contributed by atoms with Crippen LogP contribution < -0.4 is 5.32 Å². The number of nitrogens with zero attached hydrogens (tertiary/aromatic N) is 1. The van der Waals surface area contributed by atoms with Crippen LogP contribution in [0.4, 0.5) is 0 Å². The van der Waals surface area contributed by atoms with Gasteiger partial charge in [-0.15, -0.1) is 0 Å². The summed E-state index contributed by atoms with van der Waals surface area (Å²) in [5, 5.41) is 2.93. The summed E-state index contributed by atoms with van der Waals surface area (Å²) < 4.78 is 7.34. The smallest absolute Gasteiger partial charge is 0.251 e. The third kappa shape index (κ3) is 3.96. The number of aromatic nitrogens is 1. The van der Waals surface area contributed by atoms with E-state index in [4.69, 9.17) is 4.74 Å². The van der Waals surface area contributed by atoms with Gasteiger partial charge in [-0.2, -0.15) is 0 Å². The summed E-state index contributed by atoms with van der Waals surface area (Å²) in [7, 11) is 1.67. The Labute approximate surface area is 150 Å². The number of methoxy groups -OCH3 is 1. The zero-order valence-electron chi connectivity index (χ0n) is 15.5. The summed E-state index contributed by atoms with van der Waals surface area (Å²) in [4.78, 5) is 12.2. The van der Waals surface area contributed by atoms with Crippen LogP contribution in [-0.2, 0) is 17.6 Å². The number of amides is 1. The van der Waals surface area contributed by atoms with E-state index in [0.29, 0.717) is 18.7 Å². The number of ether oxygens (including phenoxy) is 1. The fraction of sp³-hybridized carbons (Fsp3) is 0.476. The van der Waals surface area contributed by atoms with Crippen LogP contribution >= 0.6 is 0 Å². The van der Waals surface area contributed by atoms with Gasteiger partial charge in [0.1, 0.15) is 0 Å². The van der Waals surface area contributed by atoms with E-state index in [2.05, 4.69) is 41.9 Å². The summed E-state index contributed by atoms with van der Waals surface area (Å²) in [6.45, 7) is 5.79. The number of aryl methyl sites for hydroxylation is 1. The number of benzene rings is 1. The van der Waals surface area contributed by atoms with Crippen molar-refractivity contribution in [2.45, 2.75) is 39.5 Å². The molecule has 1 unspecified atom stereocenters. The second-order valence-electron chi connectivity index (χ2n) is 7.09. The van der Waals surface area contributed by atoms with Crippen LogP contribution in [0, 0.1) is 12.8 Å². The minimum absolute atomic E-state index is 0.0252. The van der Waals surface area contributed by atoms with E-state index >= 15 is 0 Å². The predicted octanol–water partition coefficient (Wildman–Crippen LogP) is 3.68. The molecule has 2 aromatic rings. The Hall–Kier alpha value is -2.07. The highest BCUT2D eigenvalue weighted by atomic mass is 16.5. The molecule has 1 atom stereocenters. The number of rotatable bonds is 6. The highest BCUT2D eigenvalue weighted by Gasteiger charge is 2.21. The molecule has 0 aliphatic heterocycles. The van der Waals surface area contributed by atoms with Gasteiger partial charge in [-0.25, -0.2) is 0 Å². The van der Waals surface area contributed by atoms with E-state index in [1.54, 1.807) is 7.11 Å². The highest BCUT2D eigenvalue weighted by Crippen LogP contribution is 2.30.